The van der Waals surface area contributed by atoms with Crippen molar-refractivity contribution in [2.75, 3.05) is 26.7 Å². The van der Waals surface area contributed by atoms with Crippen molar-refractivity contribution in [3.05, 3.63) is 0 Å². The first-order chi connectivity index (χ1) is 20.2. The smallest absolute Gasteiger partial charge is 0.0784 e. The quantitative estimate of drug-likeness (QED) is 0.0512. The summed E-state index contributed by atoms with van der Waals surface area (Å²) in [6.07, 6.45) is 48.4. The van der Waals surface area contributed by atoms with Gasteiger partial charge in [0.2, 0.25) is 0 Å². The van der Waals surface area contributed by atoms with E-state index in [0.29, 0.717) is 0 Å². The molecule has 0 aliphatic rings. The zero-order valence-electron chi connectivity index (χ0n) is 29.9. The van der Waals surface area contributed by atoms with Crippen molar-refractivity contribution in [3.63, 3.8) is 0 Å². The summed E-state index contributed by atoms with van der Waals surface area (Å²) < 4.78 is 1.34. The van der Waals surface area contributed by atoms with Crippen LogP contribution in [0.15, 0.2) is 0 Å². The SMILES string of the molecule is CCCCCCCCCCCCCCCCCC[N+](C)(CCC)CCCCCCCCCCCCCCCCCC. The Morgan fingerprint density at radius 1 is 0.220 bits per heavy atom. The van der Waals surface area contributed by atoms with Gasteiger partial charge in [-0.15, -0.1) is 0 Å². The number of hydrogen-bond acceptors (Lipinski definition) is 0. The van der Waals surface area contributed by atoms with E-state index in [0.717, 1.165) is 0 Å². The van der Waals surface area contributed by atoms with Gasteiger partial charge in [-0.2, -0.15) is 0 Å². The minimum atomic E-state index is 1.34. The highest BCUT2D eigenvalue weighted by Crippen LogP contribution is 2.17. The van der Waals surface area contributed by atoms with Crippen molar-refractivity contribution in [1.82, 2.24) is 0 Å². The molecule has 0 aromatic carbocycles. The zero-order valence-corrected chi connectivity index (χ0v) is 29.9. The number of hydrogen-bond donors (Lipinski definition) is 0. The number of unbranched alkanes of at least 4 members (excludes halogenated alkanes) is 30. The molecule has 0 aliphatic heterocycles. The third kappa shape index (κ3) is 32.7. The van der Waals surface area contributed by atoms with Crippen molar-refractivity contribution < 1.29 is 4.48 Å². The minimum Gasteiger partial charge on any atom is -0.326 e. The Bertz CT molecular complexity index is 422. The van der Waals surface area contributed by atoms with E-state index < -0.39 is 0 Å². The van der Waals surface area contributed by atoms with E-state index in [1.165, 1.54) is 236 Å². The molecule has 0 saturated carbocycles. The fraction of sp³-hybridized carbons (Fsp3) is 1.00. The molecule has 0 aliphatic carbocycles. The molecule has 1 heteroatoms. The summed E-state index contributed by atoms with van der Waals surface area (Å²) in [6.45, 7) is 11.2. The van der Waals surface area contributed by atoms with Crippen LogP contribution in [0.5, 0.6) is 0 Å². The van der Waals surface area contributed by atoms with Crippen LogP contribution in [0.4, 0.5) is 0 Å². The first-order valence-electron chi connectivity index (χ1n) is 20.0. The Balaban J connectivity index is 3.49. The van der Waals surface area contributed by atoms with Gasteiger partial charge in [-0.1, -0.05) is 201 Å². The third-order valence-corrected chi connectivity index (χ3v) is 9.87. The van der Waals surface area contributed by atoms with E-state index >= 15 is 0 Å². The Morgan fingerprint density at radius 3 is 0.610 bits per heavy atom. The van der Waals surface area contributed by atoms with Gasteiger partial charge in [0.25, 0.3) is 0 Å². The molecule has 0 amide bonds. The normalized spacial score (nSPS) is 12.0. The summed E-state index contributed by atoms with van der Waals surface area (Å²) in [6, 6.07) is 0. The fourth-order valence-electron chi connectivity index (χ4n) is 6.96. The lowest BCUT2D eigenvalue weighted by Gasteiger charge is -2.34. The molecule has 0 aromatic heterocycles. The first-order valence-corrected chi connectivity index (χ1v) is 20.0. The van der Waals surface area contributed by atoms with Crippen LogP contribution < -0.4 is 0 Å². The Kier molecular flexibility index (Phi) is 34.4. The van der Waals surface area contributed by atoms with Gasteiger partial charge in [0, 0.05) is 0 Å². The van der Waals surface area contributed by atoms with Crippen LogP contribution in [0, 0.1) is 0 Å². The summed E-state index contributed by atoms with van der Waals surface area (Å²) in [7, 11) is 2.56. The second-order valence-electron chi connectivity index (χ2n) is 14.4. The minimum absolute atomic E-state index is 1.34. The Labute approximate surface area is 263 Å². The predicted molar refractivity (Wildman–Crippen MR) is 190 cm³/mol. The summed E-state index contributed by atoms with van der Waals surface area (Å²) in [5, 5.41) is 0. The lowest BCUT2D eigenvalue weighted by Crippen LogP contribution is -2.46. The molecule has 1 nitrogen and oxygen atoms in total. The van der Waals surface area contributed by atoms with Gasteiger partial charge in [0.1, 0.15) is 0 Å². The van der Waals surface area contributed by atoms with Crippen LogP contribution in [-0.4, -0.2) is 31.2 Å². The Hall–Kier alpha value is -0.0400. The van der Waals surface area contributed by atoms with Gasteiger partial charge in [-0.05, 0) is 32.1 Å². The zero-order chi connectivity index (χ0) is 30.0. The molecule has 0 spiro atoms. The van der Waals surface area contributed by atoms with Crippen molar-refractivity contribution in [1.29, 1.82) is 0 Å². The molecule has 0 atom stereocenters. The molecule has 0 fully saturated rings. The van der Waals surface area contributed by atoms with Crippen LogP contribution in [0.25, 0.3) is 0 Å². The van der Waals surface area contributed by atoms with E-state index in [9.17, 15) is 0 Å². The van der Waals surface area contributed by atoms with Crippen LogP contribution in [0.1, 0.15) is 233 Å². The average Bonchev–Trinajstić information content (AvgIpc) is 2.97. The molecule has 0 N–H and O–H groups in total. The van der Waals surface area contributed by atoms with Crippen molar-refractivity contribution in [3.8, 4) is 0 Å². The third-order valence-electron chi connectivity index (χ3n) is 9.87. The van der Waals surface area contributed by atoms with Crippen molar-refractivity contribution in [2.24, 2.45) is 0 Å². The maximum absolute atomic E-state index is 2.56. The van der Waals surface area contributed by atoms with Gasteiger partial charge >= 0.3 is 0 Å². The molecule has 248 valence electrons. The molecule has 0 saturated heterocycles. The molecular weight excluding hydrogens is 494 g/mol. The van der Waals surface area contributed by atoms with Crippen LogP contribution in [-0.2, 0) is 0 Å². The molecule has 0 heterocycles. The van der Waals surface area contributed by atoms with Crippen molar-refractivity contribution in [2.45, 2.75) is 233 Å². The molecule has 0 unspecified atom stereocenters. The van der Waals surface area contributed by atoms with Crippen LogP contribution in [0.2, 0.25) is 0 Å². The van der Waals surface area contributed by atoms with E-state index in [-0.39, 0.29) is 0 Å². The topological polar surface area (TPSA) is 0 Å². The molecule has 0 aromatic rings. The number of rotatable bonds is 36. The highest BCUT2D eigenvalue weighted by atomic mass is 15.3. The second-order valence-corrected chi connectivity index (χ2v) is 14.4. The van der Waals surface area contributed by atoms with E-state index in [1.807, 2.05) is 0 Å². The summed E-state index contributed by atoms with van der Waals surface area (Å²) in [5.74, 6) is 0. The van der Waals surface area contributed by atoms with Gasteiger partial charge in [0.05, 0.1) is 26.7 Å². The second kappa shape index (κ2) is 34.5. The van der Waals surface area contributed by atoms with Crippen LogP contribution in [0.3, 0.4) is 0 Å². The predicted octanol–water partition coefficient (Wildman–Crippen LogP) is 14.4. The highest BCUT2D eigenvalue weighted by molar-refractivity contribution is 4.53. The summed E-state index contributed by atoms with van der Waals surface area (Å²) in [4.78, 5) is 0. The number of quaternary nitrogens is 1. The summed E-state index contributed by atoms with van der Waals surface area (Å²) in [5.41, 5.74) is 0. The van der Waals surface area contributed by atoms with E-state index in [1.54, 1.807) is 0 Å². The summed E-state index contributed by atoms with van der Waals surface area (Å²) >= 11 is 0. The van der Waals surface area contributed by atoms with Crippen molar-refractivity contribution >= 4 is 0 Å². The van der Waals surface area contributed by atoms with Crippen LogP contribution >= 0.6 is 0 Å². The Morgan fingerprint density at radius 2 is 0.415 bits per heavy atom. The van der Waals surface area contributed by atoms with Gasteiger partial charge < -0.3 is 4.48 Å². The lowest BCUT2D eigenvalue weighted by molar-refractivity contribution is -0.910. The average molecular weight is 579 g/mol. The standard InChI is InChI=1S/C40H84N/c1-5-8-10-12-14-16-18-20-22-24-26-28-30-32-34-36-39-41(4,38-7-3)40-37-35-33-31-29-27-25-23-21-19-17-15-13-11-9-6-2/h5-40H2,1-4H3/q+1. The maximum atomic E-state index is 2.56. The van der Waals surface area contributed by atoms with E-state index in [4.69, 9.17) is 0 Å². The number of nitrogens with zero attached hydrogens (tertiary/aromatic N) is 1. The van der Waals surface area contributed by atoms with Gasteiger partial charge in [-0.3, -0.25) is 0 Å². The molecule has 41 heavy (non-hydrogen) atoms. The largest absolute Gasteiger partial charge is 0.326 e. The fourth-order valence-corrected chi connectivity index (χ4v) is 6.96. The molecule has 0 bridgehead atoms. The molecule has 0 rings (SSSR count). The van der Waals surface area contributed by atoms with Gasteiger partial charge in [-0.25, -0.2) is 0 Å². The van der Waals surface area contributed by atoms with E-state index in [2.05, 4.69) is 27.8 Å². The highest BCUT2D eigenvalue weighted by Gasteiger charge is 2.19. The van der Waals surface area contributed by atoms with Gasteiger partial charge in [0.15, 0.2) is 0 Å². The molecule has 0 radical (unpaired) electrons. The molecular formula is C40H84N+. The maximum Gasteiger partial charge on any atom is 0.0784 e. The monoisotopic (exact) mass is 579 g/mol. The lowest BCUT2D eigenvalue weighted by atomic mass is 10.0. The first kappa shape index (κ1) is 41.0.